The van der Waals surface area contributed by atoms with E-state index in [-0.39, 0.29) is 5.91 Å². The number of aromatic nitrogens is 3. The molecule has 0 aliphatic carbocycles. The van der Waals surface area contributed by atoms with Gasteiger partial charge in [0.2, 0.25) is 5.91 Å². The Morgan fingerprint density at radius 3 is 2.73 bits per heavy atom. The van der Waals surface area contributed by atoms with Crippen LogP contribution in [0.4, 0.5) is 0 Å². The largest absolute Gasteiger partial charge is 0.348 e. The van der Waals surface area contributed by atoms with Gasteiger partial charge in [0.1, 0.15) is 0 Å². The molecule has 6 nitrogen and oxygen atoms in total. The lowest BCUT2D eigenvalue weighted by Gasteiger charge is -2.08. The highest BCUT2D eigenvalue weighted by Crippen LogP contribution is 2.22. The van der Waals surface area contributed by atoms with E-state index in [2.05, 4.69) is 46.2 Å². The van der Waals surface area contributed by atoms with Gasteiger partial charge >= 0.3 is 0 Å². The lowest BCUT2D eigenvalue weighted by molar-refractivity contribution is -0.116. The first-order valence-corrected chi connectivity index (χ1v) is 11.0. The molecule has 2 heterocycles. The van der Waals surface area contributed by atoms with Gasteiger partial charge in [0, 0.05) is 47.5 Å². The number of nitrogens with zero attached hydrogens (tertiary/aromatic N) is 4. The third-order valence-corrected chi connectivity index (χ3v) is 5.59. The minimum atomic E-state index is -0.146. The van der Waals surface area contributed by atoms with Gasteiger partial charge in [-0.1, -0.05) is 42.5 Å². The van der Waals surface area contributed by atoms with Gasteiger partial charge in [-0.3, -0.25) is 9.48 Å². The summed E-state index contributed by atoms with van der Waals surface area (Å²) in [7, 11) is 0. The maximum atomic E-state index is 12.5. The Morgan fingerprint density at radius 2 is 1.94 bits per heavy atom. The van der Waals surface area contributed by atoms with Crippen molar-refractivity contribution in [2.45, 2.75) is 39.9 Å². The maximum Gasteiger partial charge on any atom is 0.244 e. The number of fused-ring (bicyclic) bond motifs is 1. The molecule has 0 spiro atoms. The van der Waals surface area contributed by atoms with Crippen molar-refractivity contribution in [1.82, 2.24) is 19.7 Å². The molecule has 0 unspecified atom stereocenters. The van der Waals surface area contributed by atoms with E-state index >= 15 is 0 Å². The molecule has 166 valence electrons. The zero-order chi connectivity index (χ0) is 23.2. The highest BCUT2D eigenvalue weighted by atomic mass is 16.1. The third-order valence-electron chi connectivity index (χ3n) is 5.59. The highest BCUT2D eigenvalue weighted by molar-refractivity contribution is 5.96. The number of rotatable bonds is 8. The first kappa shape index (κ1) is 22.1. The number of para-hydroxylation sites is 1. The number of amides is 1. The van der Waals surface area contributed by atoms with E-state index < -0.39 is 0 Å². The molecule has 0 bridgehead atoms. The molecule has 0 fully saturated rings. The van der Waals surface area contributed by atoms with Crippen LogP contribution in [0.15, 0.2) is 66.9 Å². The Morgan fingerprint density at radius 1 is 1.12 bits per heavy atom. The van der Waals surface area contributed by atoms with Crippen LogP contribution in [0.2, 0.25) is 0 Å². The molecule has 2 aromatic heterocycles. The molecule has 0 aliphatic heterocycles. The summed E-state index contributed by atoms with van der Waals surface area (Å²) in [6.07, 6.45) is 5.84. The number of carbonyl (C=O) groups is 1. The number of benzene rings is 2. The Bertz CT molecular complexity index is 1350. The molecule has 4 aromatic rings. The first-order valence-electron chi connectivity index (χ1n) is 11.0. The van der Waals surface area contributed by atoms with Crippen molar-refractivity contribution in [3.8, 4) is 6.07 Å². The number of hydrogen-bond acceptors (Lipinski definition) is 3. The van der Waals surface area contributed by atoms with E-state index in [0.29, 0.717) is 26.1 Å². The topological polar surface area (TPSA) is 75.6 Å². The number of aryl methyl sites for hydroxylation is 3. The summed E-state index contributed by atoms with van der Waals surface area (Å²) >= 11 is 0. The van der Waals surface area contributed by atoms with Gasteiger partial charge in [-0.2, -0.15) is 10.4 Å². The highest BCUT2D eigenvalue weighted by Gasteiger charge is 2.07. The van der Waals surface area contributed by atoms with Crippen LogP contribution >= 0.6 is 0 Å². The predicted octanol–water partition coefficient (Wildman–Crippen LogP) is 4.75. The van der Waals surface area contributed by atoms with Crippen molar-refractivity contribution >= 4 is 22.9 Å². The smallest absolute Gasteiger partial charge is 0.244 e. The van der Waals surface area contributed by atoms with Crippen LogP contribution in [0.1, 0.15) is 34.5 Å². The fourth-order valence-electron chi connectivity index (χ4n) is 4.02. The van der Waals surface area contributed by atoms with E-state index in [1.54, 1.807) is 6.08 Å². The average Bonchev–Trinajstić information content (AvgIpc) is 3.33. The SMILES string of the molecule is Cc1cc(C)n(Cc2cccc(CNC(=O)/C=C/c3cn(CCC#N)c4ccccc34)c2)n1. The average molecular weight is 438 g/mol. The van der Waals surface area contributed by atoms with Crippen LogP contribution in [-0.4, -0.2) is 20.3 Å². The van der Waals surface area contributed by atoms with Gasteiger partial charge in [0.15, 0.2) is 0 Å². The number of carbonyl (C=O) groups excluding carboxylic acids is 1. The van der Waals surface area contributed by atoms with Crippen LogP contribution in [0.5, 0.6) is 0 Å². The second-order valence-corrected chi connectivity index (χ2v) is 8.16. The molecular formula is C27H27N5O. The minimum Gasteiger partial charge on any atom is -0.348 e. The zero-order valence-electron chi connectivity index (χ0n) is 19.0. The maximum absolute atomic E-state index is 12.5. The van der Waals surface area contributed by atoms with Crippen LogP contribution in [0, 0.1) is 25.2 Å². The molecule has 1 N–H and O–H groups in total. The van der Waals surface area contributed by atoms with Gasteiger partial charge in [0.05, 0.1) is 24.7 Å². The summed E-state index contributed by atoms with van der Waals surface area (Å²) < 4.78 is 4.05. The number of nitriles is 1. The van der Waals surface area contributed by atoms with Crippen molar-refractivity contribution in [3.63, 3.8) is 0 Å². The van der Waals surface area contributed by atoms with Gasteiger partial charge in [-0.15, -0.1) is 0 Å². The summed E-state index contributed by atoms with van der Waals surface area (Å²) in [5.41, 5.74) is 6.36. The second-order valence-electron chi connectivity index (χ2n) is 8.16. The monoisotopic (exact) mass is 437 g/mol. The molecular weight excluding hydrogens is 410 g/mol. The molecule has 0 radical (unpaired) electrons. The minimum absolute atomic E-state index is 0.146. The fraction of sp³-hybridized carbons (Fsp3) is 0.222. The van der Waals surface area contributed by atoms with Crippen LogP contribution in [0.25, 0.3) is 17.0 Å². The van der Waals surface area contributed by atoms with E-state index in [1.165, 1.54) is 0 Å². The summed E-state index contributed by atoms with van der Waals surface area (Å²) in [4.78, 5) is 12.5. The molecule has 4 rings (SSSR count). The normalized spacial score (nSPS) is 11.2. The predicted molar refractivity (Wildman–Crippen MR) is 130 cm³/mol. The van der Waals surface area contributed by atoms with Crippen LogP contribution < -0.4 is 5.32 Å². The van der Waals surface area contributed by atoms with Gasteiger partial charge < -0.3 is 9.88 Å². The Labute approximate surface area is 193 Å². The zero-order valence-corrected chi connectivity index (χ0v) is 19.0. The molecule has 33 heavy (non-hydrogen) atoms. The van der Waals surface area contributed by atoms with Gasteiger partial charge in [-0.05, 0) is 43.2 Å². The van der Waals surface area contributed by atoms with Crippen molar-refractivity contribution < 1.29 is 4.79 Å². The Balaban J connectivity index is 1.40. The molecule has 0 saturated heterocycles. The second kappa shape index (κ2) is 10.0. The van der Waals surface area contributed by atoms with Crippen molar-refractivity contribution in [2.24, 2.45) is 0 Å². The van der Waals surface area contributed by atoms with E-state index in [1.807, 2.05) is 60.3 Å². The fourth-order valence-corrected chi connectivity index (χ4v) is 4.02. The first-order chi connectivity index (χ1) is 16.0. The van der Waals surface area contributed by atoms with Crippen molar-refractivity contribution in [2.75, 3.05) is 0 Å². The lowest BCUT2D eigenvalue weighted by Crippen LogP contribution is -2.20. The molecule has 2 aromatic carbocycles. The van der Waals surface area contributed by atoms with Gasteiger partial charge in [-0.25, -0.2) is 0 Å². The quantitative estimate of drug-likeness (QED) is 0.404. The van der Waals surface area contributed by atoms with E-state index in [9.17, 15) is 4.79 Å². The van der Waals surface area contributed by atoms with Crippen molar-refractivity contribution in [3.05, 3.63) is 94.9 Å². The summed E-state index contributed by atoms with van der Waals surface area (Å²) in [6.45, 7) is 5.84. The standard InChI is InChI=1S/C27H27N5O/c1-20-15-21(2)32(30-20)18-23-8-5-7-22(16-23)17-29-27(33)12-11-24-19-31(14-6-13-28)26-10-4-3-9-25(24)26/h3-5,7-12,15-16,19H,6,14,17-18H2,1-2H3,(H,29,33)/b12-11+. The van der Waals surface area contributed by atoms with Gasteiger partial charge in [0.25, 0.3) is 0 Å². The number of nitrogens with one attached hydrogen (secondary N) is 1. The lowest BCUT2D eigenvalue weighted by atomic mass is 10.1. The molecule has 6 heteroatoms. The molecule has 0 atom stereocenters. The van der Waals surface area contributed by atoms with E-state index in [4.69, 9.17) is 5.26 Å². The molecule has 0 aliphatic rings. The Hall–Kier alpha value is -4.11. The molecule has 1 amide bonds. The van der Waals surface area contributed by atoms with Crippen LogP contribution in [0.3, 0.4) is 0 Å². The Kier molecular flexibility index (Phi) is 6.70. The number of hydrogen-bond donors (Lipinski definition) is 1. The van der Waals surface area contributed by atoms with Crippen molar-refractivity contribution in [1.29, 1.82) is 5.26 Å². The molecule has 0 saturated carbocycles. The summed E-state index contributed by atoms with van der Waals surface area (Å²) in [5.74, 6) is -0.146. The third kappa shape index (κ3) is 5.39. The summed E-state index contributed by atoms with van der Waals surface area (Å²) in [6, 6.07) is 20.5. The van der Waals surface area contributed by atoms with E-state index in [0.717, 1.165) is 39.0 Å². The van der Waals surface area contributed by atoms with Crippen LogP contribution in [-0.2, 0) is 24.4 Å². The summed E-state index contributed by atoms with van der Waals surface area (Å²) in [5, 5.41) is 17.5.